The molecule has 5 heteroatoms. The van der Waals surface area contributed by atoms with Gasteiger partial charge in [0.1, 0.15) is 16.9 Å². The van der Waals surface area contributed by atoms with Crippen molar-refractivity contribution in [2.24, 2.45) is 4.99 Å². The lowest BCUT2D eigenvalue weighted by atomic mass is 10.1. The Kier molecular flexibility index (Phi) is 4.61. The molecule has 22 heavy (non-hydrogen) atoms. The van der Waals surface area contributed by atoms with Gasteiger partial charge in [-0.05, 0) is 46.8 Å². The summed E-state index contributed by atoms with van der Waals surface area (Å²) in [5, 5.41) is 1.03. The number of aliphatic imine (C=N–C) groups is 1. The Morgan fingerprint density at radius 3 is 2.68 bits per heavy atom. The molecule has 1 aromatic heterocycles. The average Bonchev–Trinajstić information content (AvgIpc) is 2.74. The molecule has 0 bridgehead atoms. The summed E-state index contributed by atoms with van der Waals surface area (Å²) in [5.41, 5.74) is 1.50. The molecule has 0 aliphatic heterocycles. The van der Waals surface area contributed by atoms with Crippen molar-refractivity contribution < 1.29 is 13.9 Å². The molecular weight excluding hydrogens is 302 g/mol. The van der Waals surface area contributed by atoms with Crippen LogP contribution in [0.5, 0.6) is 0 Å². The first-order valence-corrected chi connectivity index (χ1v) is 7.56. The number of benzene rings is 1. The van der Waals surface area contributed by atoms with E-state index in [9.17, 15) is 4.79 Å². The monoisotopic (exact) mass is 321 g/mol. The predicted octanol–water partition coefficient (Wildman–Crippen LogP) is 4.79. The first-order chi connectivity index (χ1) is 10.2. The van der Waals surface area contributed by atoms with Crippen molar-refractivity contribution in [1.82, 2.24) is 0 Å². The molecule has 0 fully saturated rings. The number of rotatable bonds is 3. The number of hydrogen-bond acceptors (Lipinski definition) is 4. The Hall–Kier alpha value is -1.81. The van der Waals surface area contributed by atoms with Crippen LogP contribution in [-0.2, 0) is 4.74 Å². The summed E-state index contributed by atoms with van der Waals surface area (Å²) in [4.78, 5) is 16.6. The molecule has 0 spiro atoms. The second-order valence-corrected chi connectivity index (χ2v) is 6.40. The number of fused-ring (bicyclic) bond motifs is 1. The van der Waals surface area contributed by atoms with Gasteiger partial charge in [-0.15, -0.1) is 0 Å². The number of furan rings is 1. The molecule has 0 aliphatic carbocycles. The number of ether oxygens (including phenoxy) is 1. The first kappa shape index (κ1) is 16.6. The third-order valence-electron chi connectivity index (χ3n) is 3.07. The van der Waals surface area contributed by atoms with E-state index in [0.717, 1.165) is 5.56 Å². The SMILES string of the molecule is CCOC(=O)c1c(C)oc2ccc(C=NC(C)(C)C)c(Cl)c12. The zero-order valence-electron chi connectivity index (χ0n) is 13.5. The summed E-state index contributed by atoms with van der Waals surface area (Å²) in [6.07, 6.45) is 1.72. The molecule has 0 N–H and O–H groups in total. The molecule has 0 unspecified atom stereocenters. The van der Waals surface area contributed by atoms with E-state index >= 15 is 0 Å². The molecule has 4 nitrogen and oxygen atoms in total. The number of hydrogen-bond donors (Lipinski definition) is 0. The molecule has 118 valence electrons. The number of aryl methyl sites for hydroxylation is 1. The Balaban J connectivity index is 2.61. The van der Waals surface area contributed by atoms with Crippen LogP contribution < -0.4 is 0 Å². The highest BCUT2D eigenvalue weighted by molar-refractivity contribution is 6.39. The summed E-state index contributed by atoms with van der Waals surface area (Å²) in [5.74, 6) is 0.0748. The Morgan fingerprint density at radius 2 is 2.09 bits per heavy atom. The van der Waals surface area contributed by atoms with Crippen molar-refractivity contribution in [3.05, 3.63) is 34.0 Å². The van der Waals surface area contributed by atoms with Crippen LogP contribution in [0.25, 0.3) is 11.0 Å². The molecule has 0 atom stereocenters. The van der Waals surface area contributed by atoms with E-state index in [4.69, 9.17) is 20.8 Å². The van der Waals surface area contributed by atoms with E-state index in [-0.39, 0.29) is 5.54 Å². The van der Waals surface area contributed by atoms with Crippen molar-refractivity contribution in [1.29, 1.82) is 0 Å². The average molecular weight is 322 g/mol. The number of carbonyl (C=O) groups excluding carboxylic acids is 1. The van der Waals surface area contributed by atoms with Gasteiger partial charge in [0, 0.05) is 11.8 Å². The normalized spacial score (nSPS) is 12.3. The minimum Gasteiger partial charge on any atom is -0.462 e. The quantitative estimate of drug-likeness (QED) is 0.603. The summed E-state index contributed by atoms with van der Waals surface area (Å²) < 4.78 is 10.7. The van der Waals surface area contributed by atoms with Crippen LogP contribution in [0.15, 0.2) is 21.5 Å². The minimum atomic E-state index is -0.425. The Morgan fingerprint density at radius 1 is 1.41 bits per heavy atom. The second-order valence-electron chi connectivity index (χ2n) is 6.02. The van der Waals surface area contributed by atoms with Crippen molar-refractivity contribution in [3.8, 4) is 0 Å². The van der Waals surface area contributed by atoms with Gasteiger partial charge in [-0.25, -0.2) is 4.79 Å². The molecule has 2 aromatic rings. The fourth-order valence-electron chi connectivity index (χ4n) is 2.10. The van der Waals surface area contributed by atoms with Gasteiger partial charge >= 0.3 is 5.97 Å². The van der Waals surface area contributed by atoms with Crippen molar-refractivity contribution >= 4 is 34.8 Å². The van der Waals surface area contributed by atoms with Crippen LogP contribution in [0.4, 0.5) is 0 Å². The van der Waals surface area contributed by atoms with Gasteiger partial charge in [-0.2, -0.15) is 0 Å². The number of nitrogens with zero attached hydrogens (tertiary/aromatic N) is 1. The van der Waals surface area contributed by atoms with Gasteiger partial charge in [0.2, 0.25) is 0 Å². The van der Waals surface area contributed by atoms with E-state index in [1.807, 2.05) is 26.8 Å². The highest BCUT2D eigenvalue weighted by Crippen LogP contribution is 2.34. The lowest BCUT2D eigenvalue weighted by Crippen LogP contribution is -2.09. The van der Waals surface area contributed by atoms with Crippen molar-refractivity contribution in [3.63, 3.8) is 0 Å². The fourth-order valence-corrected chi connectivity index (χ4v) is 2.40. The van der Waals surface area contributed by atoms with Gasteiger partial charge in [-0.3, -0.25) is 4.99 Å². The van der Waals surface area contributed by atoms with E-state index < -0.39 is 5.97 Å². The number of esters is 1. The first-order valence-electron chi connectivity index (χ1n) is 7.18. The maximum absolute atomic E-state index is 12.1. The fraction of sp³-hybridized carbons (Fsp3) is 0.412. The van der Waals surface area contributed by atoms with Gasteiger partial charge < -0.3 is 9.15 Å². The minimum absolute atomic E-state index is 0.200. The summed E-state index contributed by atoms with van der Waals surface area (Å²) in [6.45, 7) is 9.80. The molecular formula is C17H20ClNO3. The van der Waals surface area contributed by atoms with Crippen LogP contribution in [0.1, 0.15) is 49.4 Å². The highest BCUT2D eigenvalue weighted by Gasteiger charge is 2.22. The molecule has 0 saturated heterocycles. The van der Waals surface area contributed by atoms with Gasteiger partial charge in [0.25, 0.3) is 0 Å². The van der Waals surface area contributed by atoms with Gasteiger partial charge in [-0.1, -0.05) is 11.6 Å². The van der Waals surface area contributed by atoms with E-state index in [1.165, 1.54) is 0 Å². The summed E-state index contributed by atoms with van der Waals surface area (Å²) in [7, 11) is 0. The molecule has 2 rings (SSSR count). The maximum atomic E-state index is 12.1. The van der Waals surface area contributed by atoms with Crippen LogP contribution in [0.2, 0.25) is 5.02 Å². The summed E-state index contributed by atoms with van der Waals surface area (Å²) in [6, 6.07) is 3.62. The standard InChI is InChI=1S/C17H20ClNO3/c1-6-21-16(20)13-10(2)22-12-8-7-11(15(18)14(12)13)9-19-17(3,4)5/h7-9H,6H2,1-5H3. The smallest absolute Gasteiger partial charge is 0.342 e. The Bertz CT molecular complexity index is 738. The van der Waals surface area contributed by atoms with E-state index in [2.05, 4.69) is 4.99 Å². The molecule has 0 radical (unpaired) electrons. The predicted molar refractivity (Wildman–Crippen MR) is 89.3 cm³/mol. The maximum Gasteiger partial charge on any atom is 0.342 e. The lowest BCUT2D eigenvalue weighted by Gasteiger charge is -2.11. The third-order valence-corrected chi connectivity index (χ3v) is 3.48. The highest BCUT2D eigenvalue weighted by atomic mass is 35.5. The van der Waals surface area contributed by atoms with Gasteiger partial charge in [0.15, 0.2) is 0 Å². The Labute approximate surface area is 135 Å². The molecule has 0 aliphatic rings. The van der Waals surface area contributed by atoms with Crippen LogP contribution >= 0.6 is 11.6 Å². The largest absolute Gasteiger partial charge is 0.462 e. The van der Waals surface area contributed by atoms with Crippen molar-refractivity contribution in [2.45, 2.75) is 40.2 Å². The van der Waals surface area contributed by atoms with Crippen LogP contribution in [0.3, 0.4) is 0 Å². The molecule has 0 amide bonds. The topological polar surface area (TPSA) is 51.8 Å². The lowest BCUT2D eigenvalue weighted by molar-refractivity contribution is 0.0526. The molecule has 1 heterocycles. The number of halogens is 1. The zero-order chi connectivity index (χ0) is 16.5. The van der Waals surface area contributed by atoms with Crippen molar-refractivity contribution in [2.75, 3.05) is 6.61 Å². The van der Waals surface area contributed by atoms with E-state index in [0.29, 0.717) is 33.9 Å². The zero-order valence-corrected chi connectivity index (χ0v) is 14.2. The molecule has 0 saturated carbocycles. The third kappa shape index (κ3) is 3.33. The van der Waals surface area contributed by atoms with E-state index in [1.54, 1.807) is 26.1 Å². The number of carbonyl (C=O) groups is 1. The van der Waals surface area contributed by atoms with Crippen LogP contribution in [0, 0.1) is 6.92 Å². The van der Waals surface area contributed by atoms with Gasteiger partial charge in [0.05, 0.1) is 22.6 Å². The molecule has 1 aromatic carbocycles. The summed E-state index contributed by atoms with van der Waals surface area (Å²) >= 11 is 6.47. The second kappa shape index (κ2) is 6.13. The van der Waals surface area contributed by atoms with Crippen LogP contribution in [-0.4, -0.2) is 24.3 Å².